The normalized spacial score (nSPS) is 30.6. The second-order valence-electron chi connectivity index (χ2n) is 7.15. The molecule has 3 fully saturated rings. The number of nitrogens with zero attached hydrogens (tertiary/aromatic N) is 1. The van der Waals surface area contributed by atoms with Gasteiger partial charge in [-0.15, -0.1) is 0 Å². The Morgan fingerprint density at radius 3 is 2.54 bits per heavy atom. The number of hydrogen-bond donors (Lipinski definition) is 2. The van der Waals surface area contributed by atoms with Crippen molar-refractivity contribution in [1.82, 2.24) is 10.2 Å². The van der Waals surface area contributed by atoms with Gasteiger partial charge in [0.25, 0.3) is 0 Å². The second kappa shape index (κ2) is 6.00. The van der Waals surface area contributed by atoms with Crippen molar-refractivity contribution in [2.24, 2.45) is 11.8 Å². The first kappa shape index (κ1) is 15.3. The monoisotopic (exact) mass is 330 g/mol. The molecule has 3 aliphatic rings. The van der Waals surface area contributed by atoms with Crippen LogP contribution in [-0.2, 0) is 11.3 Å². The standard InChI is InChI=1S/C18H22N2O4/c21-17-15(9-19-17)20(18(22)23)10-11-2-5-14(6-3-11)24-16-8-12-1-4-13(16)7-12/h2-3,5-6,12-13,15-16H,1,4,7-10H2,(H,19,21)(H,22,23)/t12-,13+,15-,16+/m0/s1. The molecule has 2 amide bonds. The van der Waals surface area contributed by atoms with Gasteiger partial charge in [0.1, 0.15) is 17.9 Å². The fourth-order valence-corrected chi connectivity index (χ4v) is 4.22. The Balaban J connectivity index is 1.38. The van der Waals surface area contributed by atoms with Gasteiger partial charge in [-0.3, -0.25) is 9.69 Å². The number of benzene rings is 1. The highest BCUT2D eigenvalue weighted by Crippen LogP contribution is 2.45. The number of nitrogens with one attached hydrogen (secondary N) is 1. The quantitative estimate of drug-likeness (QED) is 0.812. The smallest absolute Gasteiger partial charge is 0.408 e. The summed E-state index contributed by atoms with van der Waals surface area (Å²) >= 11 is 0. The van der Waals surface area contributed by atoms with Crippen LogP contribution in [0.1, 0.15) is 31.2 Å². The van der Waals surface area contributed by atoms with Crippen molar-refractivity contribution in [3.05, 3.63) is 29.8 Å². The van der Waals surface area contributed by atoms with Crippen molar-refractivity contribution >= 4 is 12.0 Å². The highest BCUT2D eigenvalue weighted by molar-refractivity contribution is 5.90. The van der Waals surface area contributed by atoms with Gasteiger partial charge in [-0.05, 0) is 55.2 Å². The van der Waals surface area contributed by atoms with Crippen LogP contribution in [0, 0.1) is 11.8 Å². The van der Waals surface area contributed by atoms with Crippen molar-refractivity contribution in [3.8, 4) is 5.75 Å². The molecule has 1 aliphatic heterocycles. The number of fused-ring (bicyclic) bond motifs is 2. The number of β-lactam (4-membered cyclic amide) rings is 1. The van der Waals surface area contributed by atoms with E-state index in [1.54, 1.807) is 0 Å². The Morgan fingerprint density at radius 2 is 2.04 bits per heavy atom. The van der Waals surface area contributed by atoms with Crippen LogP contribution in [0.15, 0.2) is 24.3 Å². The Bertz CT molecular complexity index is 645. The van der Waals surface area contributed by atoms with Crippen molar-refractivity contribution in [1.29, 1.82) is 0 Å². The highest BCUT2D eigenvalue weighted by Gasteiger charge is 2.41. The Morgan fingerprint density at radius 1 is 1.25 bits per heavy atom. The molecule has 1 heterocycles. The van der Waals surface area contributed by atoms with E-state index in [1.165, 1.54) is 24.2 Å². The molecule has 1 aromatic carbocycles. The molecule has 24 heavy (non-hydrogen) atoms. The molecule has 2 saturated carbocycles. The number of carbonyl (C=O) groups excluding carboxylic acids is 1. The summed E-state index contributed by atoms with van der Waals surface area (Å²) in [6.45, 7) is 0.596. The molecular formula is C18H22N2O4. The molecule has 2 bridgehead atoms. The van der Waals surface area contributed by atoms with E-state index in [0.29, 0.717) is 18.6 Å². The number of carbonyl (C=O) groups is 2. The van der Waals surface area contributed by atoms with E-state index >= 15 is 0 Å². The molecule has 2 aliphatic carbocycles. The molecule has 4 atom stereocenters. The number of rotatable bonds is 5. The minimum atomic E-state index is -1.07. The Hall–Kier alpha value is -2.24. The van der Waals surface area contributed by atoms with Crippen LogP contribution in [-0.4, -0.2) is 40.7 Å². The molecule has 4 rings (SSSR count). The van der Waals surface area contributed by atoms with E-state index in [-0.39, 0.29) is 12.5 Å². The van der Waals surface area contributed by atoms with Crippen molar-refractivity contribution in [2.45, 2.75) is 44.4 Å². The summed E-state index contributed by atoms with van der Waals surface area (Å²) in [5, 5.41) is 11.9. The number of amides is 2. The predicted octanol–water partition coefficient (Wildman–Crippen LogP) is 2.23. The first-order valence-electron chi connectivity index (χ1n) is 8.63. The van der Waals surface area contributed by atoms with Crippen LogP contribution in [0.3, 0.4) is 0 Å². The van der Waals surface area contributed by atoms with Gasteiger partial charge in [-0.2, -0.15) is 0 Å². The summed E-state index contributed by atoms with van der Waals surface area (Å²) in [5.74, 6) is 2.17. The number of carboxylic acid groups (broad SMARTS) is 1. The molecule has 1 aromatic rings. The van der Waals surface area contributed by atoms with Crippen LogP contribution in [0.2, 0.25) is 0 Å². The summed E-state index contributed by atoms with van der Waals surface area (Å²) in [6.07, 6.45) is 4.37. The maximum Gasteiger partial charge on any atom is 0.408 e. The van der Waals surface area contributed by atoms with Gasteiger partial charge in [0.05, 0.1) is 0 Å². The predicted molar refractivity (Wildman–Crippen MR) is 86.7 cm³/mol. The van der Waals surface area contributed by atoms with Gasteiger partial charge in [-0.1, -0.05) is 12.1 Å². The van der Waals surface area contributed by atoms with Gasteiger partial charge < -0.3 is 15.2 Å². The van der Waals surface area contributed by atoms with E-state index in [1.807, 2.05) is 24.3 Å². The average molecular weight is 330 g/mol. The third-order valence-corrected chi connectivity index (χ3v) is 5.63. The summed E-state index contributed by atoms with van der Waals surface area (Å²) < 4.78 is 6.12. The van der Waals surface area contributed by atoms with Gasteiger partial charge in [0.2, 0.25) is 5.91 Å². The second-order valence-corrected chi connectivity index (χ2v) is 7.15. The maximum absolute atomic E-state index is 11.4. The van der Waals surface area contributed by atoms with E-state index in [4.69, 9.17) is 4.74 Å². The first-order chi connectivity index (χ1) is 11.6. The van der Waals surface area contributed by atoms with E-state index in [2.05, 4.69) is 5.32 Å². The molecule has 0 unspecified atom stereocenters. The fourth-order valence-electron chi connectivity index (χ4n) is 4.22. The largest absolute Gasteiger partial charge is 0.490 e. The zero-order valence-electron chi connectivity index (χ0n) is 13.5. The maximum atomic E-state index is 11.4. The molecule has 128 valence electrons. The fraction of sp³-hybridized carbons (Fsp3) is 0.556. The number of hydrogen-bond acceptors (Lipinski definition) is 3. The molecule has 1 saturated heterocycles. The molecule has 2 N–H and O–H groups in total. The average Bonchev–Trinajstić information content (AvgIpc) is 3.17. The van der Waals surface area contributed by atoms with Gasteiger partial charge in [0, 0.05) is 13.1 Å². The van der Waals surface area contributed by atoms with Crippen molar-refractivity contribution in [2.75, 3.05) is 6.54 Å². The summed E-state index contributed by atoms with van der Waals surface area (Å²) in [7, 11) is 0. The molecule has 0 spiro atoms. The van der Waals surface area contributed by atoms with Crippen LogP contribution in [0.4, 0.5) is 4.79 Å². The van der Waals surface area contributed by atoms with Crippen molar-refractivity contribution in [3.63, 3.8) is 0 Å². The molecular weight excluding hydrogens is 308 g/mol. The Kier molecular flexibility index (Phi) is 3.82. The van der Waals surface area contributed by atoms with Crippen LogP contribution >= 0.6 is 0 Å². The third-order valence-electron chi connectivity index (χ3n) is 5.63. The van der Waals surface area contributed by atoms with Gasteiger partial charge in [-0.25, -0.2) is 4.79 Å². The van der Waals surface area contributed by atoms with Gasteiger partial charge in [0.15, 0.2) is 0 Å². The minimum Gasteiger partial charge on any atom is -0.490 e. The summed E-state index contributed by atoms with van der Waals surface area (Å²) in [4.78, 5) is 24.0. The number of ether oxygens (including phenoxy) is 1. The lowest BCUT2D eigenvalue weighted by Gasteiger charge is -2.34. The van der Waals surface area contributed by atoms with Crippen LogP contribution < -0.4 is 10.1 Å². The lowest BCUT2D eigenvalue weighted by atomic mass is 9.98. The minimum absolute atomic E-state index is 0.210. The zero-order chi connectivity index (χ0) is 16.7. The van der Waals surface area contributed by atoms with Crippen LogP contribution in [0.5, 0.6) is 5.75 Å². The molecule has 6 nitrogen and oxygen atoms in total. The van der Waals surface area contributed by atoms with E-state index in [9.17, 15) is 14.7 Å². The topological polar surface area (TPSA) is 78.9 Å². The zero-order valence-corrected chi connectivity index (χ0v) is 13.5. The summed E-state index contributed by atoms with van der Waals surface area (Å²) in [6, 6.07) is 7.00. The van der Waals surface area contributed by atoms with Crippen LogP contribution in [0.25, 0.3) is 0 Å². The lowest BCUT2D eigenvalue weighted by molar-refractivity contribution is -0.132. The van der Waals surface area contributed by atoms with E-state index < -0.39 is 12.1 Å². The lowest BCUT2D eigenvalue weighted by Crippen LogP contribution is -2.62. The third kappa shape index (κ3) is 2.81. The summed E-state index contributed by atoms with van der Waals surface area (Å²) in [5.41, 5.74) is 0.859. The molecule has 0 aromatic heterocycles. The molecule has 6 heteroatoms. The molecule has 0 radical (unpaired) electrons. The van der Waals surface area contributed by atoms with E-state index in [0.717, 1.165) is 23.7 Å². The highest BCUT2D eigenvalue weighted by atomic mass is 16.5. The van der Waals surface area contributed by atoms with Gasteiger partial charge >= 0.3 is 6.09 Å². The SMILES string of the molecule is O=C1NC[C@@H]1N(Cc1ccc(O[C@@H]2C[C@H]3CC[C@@H]2C3)cc1)C(=O)O. The Labute approximate surface area is 140 Å². The van der Waals surface area contributed by atoms with Crippen molar-refractivity contribution < 1.29 is 19.4 Å². The first-order valence-corrected chi connectivity index (χ1v) is 8.63.